The average Bonchev–Trinajstić information content (AvgIpc) is 2.82. The van der Waals surface area contributed by atoms with E-state index in [1.807, 2.05) is 60.7 Å². The van der Waals surface area contributed by atoms with E-state index in [-0.39, 0.29) is 13.2 Å². The molecule has 0 amide bonds. The zero-order valence-corrected chi connectivity index (χ0v) is 17.5. The second kappa shape index (κ2) is 11.1. The Morgan fingerprint density at radius 1 is 0.871 bits per heavy atom. The van der Waals surface area contributed by atoms with Crippen molar-refractivity contribution >= 4 is 17.9 Å². The van der Waals surface area contributed by atoms with E-state index in [2.05, 4.69) is 0 Å². The van der Waals surface area contributed by atoms with E-state index in [1.165, 1.54) is 7.11 Å². The molecule has 162 valence electrons. The van der Waals surface area contributed by atoms with Gasteiger partial charge in [0.25, 0.3) is 0 Å². The molecule has 0 spiro atoms. The zero-order chi connectivity index (χ0) is 22.1. The second-order valence-electron chi connectivity index (χ2n) is 7.35. The van der Waals surface area contributed by atoms with Crippen molar-refractivity contribution in [1.29, 1.82) is 0 Å². The number of carbonyl (C=O) groups excluding carboxylic acids is 3. The summed E-state index contributed by atoms with van der Waals surface area (Å²) in [6.45, 7) is 0.0677. The quantitative estimate of drug-likeness (QED) is 0.364. The van der Waals surface area contributed by atoms with Gasteiger partial charge in [0.15, 0.2) is 5.92 Å². The third kappa shape index (κ3) is 6.04. The van der Waals surface area contributed by atoms with E-state index in [9.17, 15) is 14.4 Å². The van der Waals surface area contributed by atoms with E-state index in [4.69, 9.17) is 14.2 Å². The fraction of sp³-hybridized carbons (Fsp3) is 0.320. The van der Waals surface area contributed by atoms with Crippen LogP contribution in [0, 0.1) is 11.8 Å². The summed E-state index contributed by atoms with van der Waals surface area (Å²) in [5.74, 6) is -3.83. The Bertz CT molecular complexity index is 864. The van der Waals surface area contributed by atoms with Crippen molar-refractivity contribution in [3.8, 4) is 0 Å². The molecule has 2 aromatic rings. The lowest BCUT2D eigenvalue weighted by molar-refractivity contribution is -0.166. The highest BCUT2D eigenvalue weighted by Gasteiger charge is 2.42. The van der Waals surface area contributed by atoms with Crippen LogP contribution in [0.1, 0.15) is 30.4 Å². The SMILES string of the molecule is COC(=O)C1=CCCCC1C(C(=O)OCc1ccccc1)C(=O)OCc1ccccc1. The highest BCUT2D eigenvalue weighted by molar-refractivity contribution is 5.98. The molecule has 6 nitrogen and oxygen atoms in total. The predicted molar refractivity (Wildman–Crippen MR) is 113 cm³/mol. The first-order valence-corrected chi connectivity index (χ1v) is 10.3. The Morgan fingerprint density at radius 2 is 1.39 bits per heavy atom. The summed E-state index contributed by atoms with van der Waals surface area (Å²) in [7, 11) is 1.28. The maximum absolute atomic E-state index is 13.0. The third-order valence-electron chi connectivity index (χ3n) is 5.26. The van der Waals surface area contributed by atoms with Crippen LogP contribution in [-0.4, -0.2) is 25.0 Å². The standard InChI is InChI=1S/C25H26O6/c1-29-23(26)21-15-9-8-14-20(21)22(24(27)30-16-18-10-4-2-5-11-18)25(28)31-17-19-12-6-3-7-13-19/h2-7,10-13,15,20,22H,8-9,14,16-17H2,1H3. The molecule has 1 aliphatic rings. The minimum absolute atomic E-state index is 0.0339. The summed E-state index contributed by atoms with van der Waals surface area (Å²) in [5.41, 5.74) is 1.94. The largest absolute Gasteiger partial charge is 0.466 e. The van der Waals surface area contributed by atoms with Gasteiger partial charge in [0.05, 0.1) is 7.11 Å². The molecular formula is C25H26O6. The number of benzene rings is 2. The van der Waals surface area contributed by atoms with Crippen molar-refractivity contribution in [3.05, 3.63) is 83.4 Å². The molecule has 1 atom stereocenters. The van der Waals surface area contributed by atoms with E-state index in [0.29, 0.717) is 18.4 Å². The summed E-state index contributed by atoms with van der Waals surface area (Å²) in [6, 6.07) is 18.4. The maximum Gasteiger partial charge on any atom is 0.333 e. The van der Waals surface area contributed by atoms with Crippen molar-refractivity contribution in [2.24, 2.45) is 11.8 Å². The molecule has 0 radical (unpaired) electrons. The number of methoxy groups -OCH3 is 1. The molecule has 31 heavy (non-hydrogen) atoms. The summed E-state index contributed by atoms with van der Waals surface area (Å²) in [5, 5.41) is 0. The van der Waals surface area contributed by atoms with Gasteiger partial charge in [-0.05, 0) is 30.4 Å². The molecule has 0 N–H and O–H groups in total. The molecule has 0 aliphatic heterocycles. The Balaban J connectivity index is 1.79. The molecule has 2 aromatic carbocycles. The monoisotopic (exact) mass is 422 g/mol. The maximum atomic E-state index is 13.0. The normalized spacial score (nSPS) is 15.7. The third-order valence-corrected chi connectivity index (χ3v) is 5.26. The van der Waals surface area contributed by atoms with E-state index < -0.39 is 29.7 Å². The summed E-state index contributed by atoms with van der Waals surface area (Å²) in [4.78, 5) is 38.3. The van der Waals surface area contributed by atoms with Crippen LogP contribution in [0.25, 0.3) is 0 Å². The molecule has 0 saturated heterocycles. The molecule has 0 saturated carbocycles. The van der Waals surface area contributed by atoms with Crippen LogP contribution in [0.4, 0.5) is 0 Å². The van der Waals surface area contributed by atoms with Gasteiger partial charge in [-0.3, -0.25) is 9.59 Å². The van der Waals surface area contributed by atoms with Crippen LogP contribution in [0.15, 0.2) is 72.3 Å². The van der Waals surface area contributed by atoms with Crippen molar-refractivity contribution < 1.29 is 28.6 Å². The molecule has 1 unspecified atom stereocenters. The number of carbonyl (C=O) groups is 3. The van der Waals surface area contributed by atoms with Gasteiger partial charge >= 0.3 is 17.9 Å². The van der Waals surface area contributed by atoms with Crippen LogP contribution in [0.2, 0.25) is 0 Å². The highest BCUT2D eigenvalue weighted by Crippen LogP contribution is 2.34. The Kier molecular flexibility index (Phi) is 7.98. The molecule has 0 heterocycles. The number of esters is 3. The predicted octanol–water partition coefficient (Wildman–Crippen LogP) is 3.99. The Labute approximate surface area is 181 Å². The highest BCUT2D eigenvalue weighted by atomic mass is 16.6. The van der Waals surface area contributed by atoms with Crippen molar-refractivity contribution in [2.75, 3.05) is 7.11 Å². The first-order chi connectivity index (χ1) is 15.1. The fourth-order valence-electron chi connectivity index (χ4n) is 3.66. The zero-order valence-electron chi connectivity index (χ0n) is 17.5. The van der Waals surface area contributed by atoms with Crippen LogP contribution in [0.3, 0.4) is 0 Å². The van der Waals surface area contributed by atoms with Gasteiger partial charge in [-0.2, -0.15) is 0 Å². The van der Waals surface area contributed by atoms with Gasteiger partial charge in [0, 0.05) is 11.5 Å². The number of hydrogen-bond acceptors (Lipinski definition) is 6. The van der Waals surface area contributed by atoms with Crippen LogP contribution in [0.5, 0.6) is 0 Å². The van der Waals surface area contributed by atoms with Crippen LogP contribution < -0.4 is 0 Å². The minimum atomic E-state index is -1.24. The molecule has 0 aromatic heterocycles. The van der Waals surface area contributed by atoms with Gasteiger partial charge < -0.3 is 14.2 Å². The van der Waals surface area contributed by atoms with Gasteiger partial charge in [0.2, 0.25) is 0 Å². The van der Waals surface area contributed by atoms with Gasteiger partial charge in [-0.15, -0.1) is 0 Å². The fourth-order valence-corrected chi connectivity index (χ4v) is 3.66. The second-order valence-corrected chi connectivity index (χ2v) is 7.35. The van der Waals surface area contributed by atoms with Gasteiger partial charge in [-0.1, -0.05) is 66.7 Å². The Morgan fingerprint density at radius 3 is 1.87 bits per heavy atom. The number of hydrogen-bond donors (Lipinski definition) is 0. The topological polar surface area (TPSA) is 78.9 Å². The number of allylic oxidation sites excluding steroid dienone is 1. The summed E-state index contributed by atoms with van der Waals surface area (Å²) in [6.07, 6.45) is 3.67. The van der Waals surface area contributed by atoms with E-state index in [1.54, 1.807) is 6.08 Å². The number of rotatable bonds is 8. The van der Waals surface area contributed by atoms with Crippen LogP contribution >= 0.6 is 0 Å². The molecule has 6 heteroatoms. The van der Waals surface area contributed by atoms with E-state index in [0.717, 1.165) is 17.5 Å². The summed E-state index contributed by atoms with van der Waals surface area (Å²) >= 11 is 0. The lowest BCUT2D eigenvalue weighted by Crippen LogP contribution is -2.37. The lowest BCUT2D eigenvalue weighted by Gasteiger charge is -2.28. The summed E-state index contributed by atoms with van der Waals surface area (Å²) < 4.78 is 15.8. The molecule has 1 aliphatic carbocycles. The molecule has 0 fully saturated rings. The van der Waals surface area contributed by atoms with Crippen molar-refractivity contribution in [2.45, 2.75) is 32.5 Å². The molecule has 0 bridgehead atoms. The first kappa shape index (κ1) is 22.3. The number of ether oxygens (including phenoxy) is 3. The minimum Gasteiger partial charge on any atom is -0.466 e. The van der Waals surface area contributed by atoms with Gasteiger partial charge in [0.1, 0.15) is 13.2 Å². The Hall–Kier alpha value is -3.41. The van der Waals surface area contributed by atoms with Crippen molar-refractivity contribution in [3.63, 3.8) is 0 Å². The first-order valence-electron chi connectivity index (χ1n) is 10.3. The average molecular weight is 422 g/mol. The molecular weight excluding hydrogens is 396 g/mol. The molecule has 3 rings (SSSR count). The van der Waals surface area contributed by atoms with E-state index >= 15 is 0 Å². The van der Waals surface area contributed by atoms with Crippen LogP contribution in [-0.2, 0) is 41.8 Å². The lowest BCUT2D eigenvalue weighted by atomic mass is 9.78. The smallest absolute Gasteiger partial charge is 0.333 e. The van der Waals surface area contributed by atoms with Gasteiger partial charge in [-0.25, -0.2) is 4.79 Å². The van der Waals surface area contributed by atoms with Crippen molar-refractivity contribution in [1.82, 2.24) is 0 Å².